The number of benzene rings is 5. The number of pyridine rings is 1. The van der Waals surface area contributed by atoms with Gasteiger partial charge in [0.15, 0.2) is 0 Å². The number of aromatic nitrogens is 2. The minimum absolute atomic E-state index is 0.922. The van der Waals surface area contributed by atoms with Crippen molar-refractivity contribution in [2.75, 3.05) is 0 Å². The Morgan fingerprint density at radius 1 is 0.529 bits per heavy atom. The number of nitrogens with zero attached hydrogens (tertiary/aromatic N) is 2. The Labute approximate surface area is 194 Å². The molecule has 0 atom stereocenters. The highest BCUT2D eigenvalue weighted by atomic mass is 16.3. The summed E-state index contributed by atoms with van der Waals surface area (Å²) in [5, 5.41) is 8.22. The molecule has 158 valence electrons. The number of furan rings is 1. The van der Waals surface area contributed by atoms with E-state index in [9.17, 15) is 0 Å². The van der Waals surface area contributed by atoms with Crippen LogP contribution in [-0.2, 0) is 0 Å². The molecule has 0 aliphatic rings. The zero-order valence-corrected chi connectivity index (χ0v) is 18.2. The third-order valence-corrected chi connectivity index (χ3v) is 7.00. The highest BCUT2D eigenvalue weighted by Gasteiger charge is 2.16. The van der Waals surface area contributed by atoms with Crippen molar-refractivity contribution in [3.8, 4) is 5.69 Å². The van der Waals surface area contributed by atoms with Gasteiger partial charge in [-0.15, -0.1) is 0 Å². The van der Waals surface area contributed by atoms with E-state index in [0.29, 0.717) is 0 Å². The summed E-state index contributed by atoms with van der Waals surface area (Å²) in [5.41, 5.74) is 6.39. The molecule has 3 aromatic heterocycles. The Hall–Kier alpha value is -4.63. The van der Waals surface area contributed by atoms with E-state index in [1.807, 2.05) is 24.4 Å². The fourth-order valence-electron chi connectivity index (χ4n) is 5.46. The maximum atomic E-state index is 6.21. The van der Waals surface area contributed by atoms with Crippen molar-refractivity contribution < 1.29 is 4.42 Å². The molecule has 0 fully saturated rings. The van der Waals surface area contributed by atoms with Gasteiger partial charge in [0.1, 0.15) is 11.2 Å². The van der Waals surface area contributed by atoms with Crippen molar-refractivity contribution in [3.63, 3.8) is 0 Å². The van der Waals surface area contributed by atoms with Gasteiger partial charge in [0.25, 0.3) is 0 Å². The molecule has 3 heteroatoms. The molecule has 0 bridgehead atoms. The summed E-state index contributed by atoms with van der Waals surface area (Å²) >= 11 is 0. The molecule has 0 radical (unpaired) electrons. The summed E-state index contributed by atoms with van der Waals surface area (Å²) in [4.78, 5) is 4.64. The monoisotopic (exact) mass is 434 g/mol. The highest BCUT2D eigenvalue weighted by Crippen LogP contribution is 2.38. The van der Waals surface area contributed by atoms with Crippen LogP contribution in [0.25, 0.3) is 71.1 Å². The summed E-state index contributed by atoms with van der Waals surface area (Å²) in [6, 6.07) is 36.5. The molecule has 3 heterocycles. The minimum atomic E-state index is 0.922. The second-order valence-electron chi connectivity index (χ2n) is 8.86. The normalized spacial score (nSPS) is 12.1. The fraction of sp³-hybridized carbons (Fsp3) is 0. The van der Waals surface area contributed by atoms with Gasteiger partial charge < -0.3 is 8.98 Å². The smallest absolute Gasteiger partial charge is 0.136 e. The second-order valence-corrected chi connectivity index (χ2v) is 8.86. The van der Waals surface area contributed by atoms with Gasteiger partial charge in [-0.3, -0.25) is 4.98 Å². The largest absolute Gasteiger partial charge is 0.456 e. The van der Waals surface area contributed by atoms with E-state index in [-0.39, 0.29) is 0 Å². The van der Waals surface area contributed by atoms with Crippen LogP contribution in [0.4, 0.5) is 0 Å². The van der Waals surface area contributed by atoms with E-state index in [1.54, 1.807) is 0 Å². The van der Waals surface area contributed by atoms with Crippen molar-refractivity contribution in [1.29, 1.82) is 0 Å². The third-order valence-electron chi connectivity index (χ3n) is 7.00. The van der Waals surface area contributed by atoms with E-state index in [2.05, 4.69) is 94.5 Å². The second kappa shape index (κ2) is 6.46. The van der Waals surface area contributed by atoms with Gasteiger partial charge in [-0.25, -0.2) is 0 Å². The molecule has 0 unspecified atom stereocenters. The van der Waals surface area contributed by atoms with Crippen molar-refractivity contribution >= 4 is 65.4 Å². The van der Waals surface area contributed by atoms with E-state index >= 15 is 0 Å². The molecule has 34 heavy (non-hydrogen) atoms. The van der Waals surface area contributed by atoms with E-state index in [4.69, 9.17) is 4.42 Å². The average Bonchev–Trinajstić information content (AvgIpc) is 3.42. The minimum Gasteiger partial charge on any atom is -0.456 e. The van der Waals surface area contributed by atoms with Crippen molar-refractivity contribution in [3.05, 3.63) is 109 Å². The molecule has 0 saturated carbocycles. The van der Waals surface area contributed by atoms with Gasteiger partial charge in [-0.1, -0.05) is 60.7 Å². The lowest BCUT2D eigenvalue weighted by Gasteiger charge is -2.10. The van der Waals surface area contributed by atoms with Crippen LogP contribution in [0, 0.1) is 0 Å². The Bertz CT molecular complexity index is 2080. The summed E-state index contributed by atoms with van der Waals surface area (Å²) in [6.07, 6.45) is 1.86. The molecule has 8 aromatic rings. The first-order chi connectivity index (χ1) is 16.8. The summed E-state index contributed by atoms with van der Waals surface area (Å²) in [6.45, 7) is 0. The first-order valence-electron chi connectivity index (χ1n) is 11.5. The molecule has 0 saturated heterocycles. The lowest BCUT2D eigenvalue weighted by atomic mass is 10.1. The summed E-state index contributed by atoms with van der Waals surface area (Å²) in [5.74, 6) is 0. The van der Waals surface area contributed by atoms with Crippen LogP contribution in [0.15, 0.2) is 114 Å². The van der Waals surface area contributed by atoms with Gasteiger partial charge in [0.05, 0.1) is 16.6 Å². The zero-order valence-electron chi connectivity index (χ0n) is 18.2. The van der Waals surface area contributed by atoms with Crippen molar-refractivity contribution in [1.82, 2.24) is 9.55 Å². The summed E-state index contributed by atoms with van der Waals surface area (Å²) < 4.78 is 8.58. The number of fused-ring (bicyclic) bond motifs is 9. The summed E-state index contributed by atoms with van der Waals surface area (Å²) in [7, 11) is 0. The fourth-order valence-corrected chi connectivity index (χ4v) is 5.46. The number of hydrogen-bond acceptors (Lipinski definition) is 2. The lowest BCUT2D eigenvalue weighted by molar-refractivity contribution is 0.669. The molecule has 0 amide bonds. The predicted molar refractivity (Wildman–Crippen MR) is 141 cm³/mol. The van der Waals surface area contributed by atoms with Gasteiger partial charge in [-0.2, -0.15) is 0 Å². The SMILES string of the molecule is c1cnc2c(c1)ccc1cc(-n3c4ccccc4c4cc5oc6ccccc6c5cc43)ccc12. The van der Waals surface area contributed by atoms with Crippen LogP contribution in [0.2, 0.25) is 0 Å². The van der Waals surface area contributed by atoms with E-state index in [0.717, 1.165) is 38.5 Å². The van der Waals surface area contributed by atoms with Crippen LogP contribution < -0.4 is 0 Å². The average molecular weight is 434 g/mol. The lowest BCUT2D eigenvalue weighted by Crippen LogP contribution is -1.94. The first-order valence-corrected chi connectivity index (χ1v) is 11.5. The Morgan fingerprint density at radius 3 is 2.35 bits per heavy atom. The molecular weight excluding hydrogens is 416 g/mol. The highest BCUT2D eigenvalue weighted by molar-refractivity contribution is 6.17. The predicted octanol–water partition coefficient (Wildman–Crippen LogP) is 8.38. The third kappa shape index (κ3) is 2.33. The first kappa shape index (κ1) is 17.9. The Balaban J connectivity index is 1.49. The topological polar surface area (TPSA) is 31.0 Å². The maximum Gasteiger partial charge on any atom is 0.136 e. The standard InChI is InChI=1S/C31H18N2O/c1-3-9-27-23(7-1)25-18-30-26(24-8-2-4-10-29(24)34-30)17-28(25)33(27)21-13-14-22-20(16-21)12-11-19-6-5-15-32-31(19)22/h1-18H. The Kier molecular flexibility index (Phi) is 3.39. The van der Waals surface area contributed by atoms with Crippen molar-refractivity contribution in [2.24, 2.45) is 0 Å². The number of para-hydroxylation sites is 2. The van der Waals surface area contributed by atoms with Gasteiger partial charge >= 0.3 is 0 Å². The quantitative estimate of drug-likeness (QED) is 0.243. The molecule has 3 nitrogen and oxygen atoms in total. The van der Waals surface area contributed by atoms with Crippen LogP contribution >= 0.6 is 0 Å². The van der Waals surface area contributed by atoms with Gasteiger partial charge in [0.2, 0.25) is 0 Å². The molecule has 0 N–H and O–H groups in total. The Morgan fingerprint density at radius 2 is 1.38 bits per heavy atom. The number of hydrogen-bond donors (Lipinski definition) is 0. The molecule has 5 aromatic carbocycles. The van der Waals surface area contributed by atoms with Crippen LogP contribution in [0.3, 0.4) is 0 Å². The van der Waals surface area contributed by atoms with Crippen molar-refractivity contribution in [2.45, 2.75) is 0 Å². The van der Waals surface area contributed by atoms with Gasteiger partial charge in [-0.05, 0) is 47.9 Å². The molecule has 8 rings (SSSR count). The maximum absolute atomic E-state index is 6.21. The molecular formula is C31H18N2O. The van der Waals surface area contributed by atoms with Crippen LogP contribution in [-0.4, -0.2) is 9.55 Å². The van der Waals surface area contributed by atoms with Crippen LogP contribution in [0.5, 0.6) is 0 Å². The zero-order chi connectivity index (χ0) is 22.2. The molecule has 0 spiro atoms. The van der Waals surface area contributed by atoms with Crippen LogP contribution in [0.1, 0.15) is 0 Å². The molecule has 0 aliphatic carbocycles. The molecule has 0 aliphatic heterocycles. The van der Waals surface area contributed by atoms with Gasteiger partial charge in [0, 0.05) is 44.2 Å². The van der Waals surface area contributed by atoms with E-state index in [1.165, 1.54) is 32.6 Å². The number of rotatable bonds is 1. The van der Waals surface area contributed by atoms with E-state index < -0.39 is 0 Å².